The number of hydrogen-bond donors (Lipinski definition) is 2. The van der Waals surface area contributed by atoms with Gasteiger partial charge in [-0.2, -0.15) is 0 Å². The number of morpholine rings is 1. The summed E-state index contributed by atoms with van der Waals surface area (Å²) in [4.78, 5) is 24.1. The molecule has 0 aromatic carbocycles. The highest BCUT2D eigenvalue weighted by Crippen LogP contribution is 2.10. The van der Waals surface area contributed by atoms with Crippen LogP contribution < -0.4 is 5.73 Å². The molecule has 1 fully saturated rings. The van der Waals surface area contributed by atoms with Crippen LogP contribution in [0.1, 0.15) is 12.8 Å². The summed E-state index contributed by atoms with van der Waals surface area (Å²) in [6.45, 7) is 0.752. The minimum atomic E-state index is -3.16. The Morgan fingerprint density at radius 1 is 1.50 bits per heavy atom. The average Bonchev–Trinajstić information content (AvgIpc) is 2.33. The second kappa shape index (κ2) is 7.00. The average molecular weight is 308 g/mol. The molecule has 1 rings (SSSR count). The van der Waals surface area contributed by atoms with Gasteiger partial charge in [-0.1, -0.05) is 0 Å². The Morgan fingerprint density at radius 2 is 2.15 bits per heavy atom. The highest BCUT2D eigenvalue weighted by atomic mass is 32.2. The third-order valence-electron chi connectivity index (χ3n) is 2.97. The number of carboxylic acids is 1. The number of ether oxygens (including phenoxy) is 1. The molecule has 0 saturated carbocycles. The molecular weight excluding hydrogens is 288 g/mol. The minimum Gasteiger partial charge on any atom is -0.481 e. The van der Waals surface area contributed by atoms with Crippen molar-refractivity contribution in [3.63, 3.8) is 0 Å². The van der Waals surface area contributed by atoms with Crippen LogP contribution in [0.3, 0.4) is 0 Å². The van der Waals surface area contributed by atoms with E-state index >= 15 is 0 Å². The fraction of sp³-hybridized carbons (Fsp3) is 0.818. The van der Waals surface area contributed by atoms with Crippen molar-refractivity contribution in [2.75, 3.05) is 31.7 Å². The first-order valence-corrected chi connectivity index (χ1v) is 8.30. The molecule has 0 aromatic heterocycles. The molecule has 1 aliphatic rings. The summed E-state index contributed by atoms with van der Waals surface area (Å²) < 4.78 is 27.3. The number of carboxylic acid groups (broad SMARTS) is 1. The lowest BCUT2D eigenvalue weighted by Crippen LogP contribution is -2.52. The van der Waals surface area contributed by atoms with Crippen LogP contribution in [0.15, 0.2) is 0 Å². The van der Waals surface area contributed by atoms with Gasteiger partial charge in [0.1, 0.15) is 9.84 Å². The van der Waals surface area contributed by atoms with Gasteiger partial charge in [-0.25, -0.2) is 8.42 Å². The van der Waals surface area contributed by atoms with Crippen molar-refractivity contribution in [1.29, 1.82) is 0 Å². The normalized spacial score (nSPS) is 21.5. The van der Waals surface area contributed by atoms with Crippen molar-refractivity contribution >= 4 is 21.7 Å². The zero-order valence-corrected chi connectivity index (χ0v) is 12.1. The first-order valence-electron chi connectivity index (χ1n) is 6.24. The lowest BCUT2D eigenvalue weighted by atomic mass is 10.1. The molecule has 3 N–H and O–H groups in total. The van der Waals surface area contributed by atoms with Gasteiger partial charge >= 0.3 is 5.97 Å². The van der Waals surface area contributed by atoms with Crippen LogP contribution in [-0.2, 0) is 24.2 Å². The van der Waals surface area contributed by atoms with Gasteiger partial charge in [0.05, 0.1) is 30.9 Å². The standard InChI is InChI=1S/C11H20N2O6S/c1-20(17,18)5-2-9(12)11(16)13-3-4-19-8(7-13)6-10(14)15/h8-9H,2-7,12H2,1H3,(H,14,15). The molecule has 20 heavy (non-hydrogen) atoms. The molecule has 8 nitrogen and oxygen atoms in total. The molecule has 1 amide bonds. The van der Waals surface area contributed by atoms with Gasteiger partial charge < -0.3 is 20.5 Å². The number of nitrogens with zero attached hydrogens (tertiary/aromatic N) is 1. The number of nitrogens with two attached hydrogens (primary N) is 1. The first kappa shape index (κ1) is 16.9. The number of hydrogen-bond acceptors (Lipinski definition) is 6. The monoisotopic (exact) mass is 308 g/mol. The Kier molecular flexibility index (Phi) is 5.90. The number of carbonyl (C=O) groups is 2. The van der Waals surface area contributed by atoms with Crippen molar-refractivity contribution in [2.24, 2.45) is 5.73 Å². The van der Waals surface area contributed by atoms with E-state index in [1.807, 2.05) is 0 Å². The Hall–Kier alpha value is -1.19. The Bertz CT molecular complexity index is 464. The van der Waals surface area contributed by atoms with Crippen LogP contribution in [0.5, 0.6) is 0 Å². The maximum absolute atomic E-state index is 12.0. The summed E-state index contributed by atoms with van der Waals surface area (Å²) >= 11 is 0. The molecule has 116 valence electrons. The van der Waals surface area contributed by atoms with Crippen molar-refractivity contribution < 1.29 is 27.9 Å². The van der Waals surface area contributed by atoms with Crippen molar-refractivity contribution in [3.8, 4) is 0 Å². The van der Waals surface area contributed by atoms with Gasteiger partial charge in [0, 0.05) is 19.3 Å². The molecule has 2 atom stereocenters. The van der Waals surface area contributed by atoms with Gasteiger partial charge in [-0.15, -0.1) is 0 Å². The highest BCUT2D eigenvalue weighted by Gasteiger charge is 2.29. The number of rotatable bonds is 6. The molecule has 0 spiro atoms. The second-order valence-electron chi connectivity index (χ2n) is 4.90. The van der Waals surface area contributed by atoms with Crippen LogP contribution >= 0.6 is 0 Å². The summed E-state index contributed by atoms with van der Waals surface area (Å²) in [6, 6.07) is -0.895. The van der Waals surface area contributed by atoms with Gasteiger partial charge in [0.25, 0.3) is 0 Å². The summed E-state index contributed by atoms with van der Waals surface area (Å²) in [5, 5.41) is 8.70. The van der Waals surface area contributed by atoms with E-state index in [1.54, 1.807) is 0 Å². The number of aliphatic carboxylic acids is 1. The predicted octanol–water partition coefficient (Wildman–Crippen LogP) is -1.55. The lowest BCUT2D eigenvalue weighted by Gasteiger charge is -2.33. The molecule has 0 bridgehead atoms. The Balaban J connectivity index is 2.51. The number of carbonyl (C=O) groups excluding carboxylic acids is 1. The van der Waals surface area contributed by atoms with Crippen LogP contribution in [0.2, 0.25) is 0 Å². The fourth-order valence-electron chi connectivity index (χ4n) is 1.94. The van der Waals surface area contributed by atoms with E-state index in [0.29, 0.717) is 6.54 Å². The van der Waals surface area contributed by atoms with Crippen molar-refractivity contribution in [1.82, 2.24) is 4.90 Å². The second-order valence-corrected chi connectivity index (χ2v) is 7.16. The van der Waals surface area contributed by atoms with Crippen molar-refractivity contribution in [3.05, 3.63) is 0 Å². The van der Waals surface area contributed by atoms with E-state index in [1.165, 1.54) is 4.90 Å². The Labute approximate surface area is 117 Å². The Morgan fingerprint density at radius 3 is 2.70 bits per heavy atom. The molecule has 1 heterocycles. The SMILES string of the molecule is CS(=O)(=O)CCC(N)C(=O)N1CCOC(CC(=O)O)C1. The maximum Gasteiger partial charge on any atom is 0.306 e. The number of sulfone groups is 1. The minimum absolute atomic E-state index is 0.0542. The fourth-order valence-corrected chi connectivity index (χ4v) is 2.62. The molecular formula is C11H20N2O6S. The highest BCUT2D eigenvalue weighted by molar-refractivity contribution is 7.90. The largest absolute Gasteiger partial charge is 0.481 e. The van der Waals surface area contributed by atoms with Gasteiger partial charge in [-0.05, 0) is 6.42 Å². The third-order valence-corrected chi connectivity index (χ3v) is 3.95. The van der Waals surface area contributed by atoms with Gasteiger partial charge in [0.2, 0.25) is 5.91 Å². The van der Waals surface area contributed by atoms with E-state index in [9.17, 15) is 18.0 Å². The van der Waals surface area contributed by atoms with Crippen LogP contribution in [-0.4, -0.2) is 74.2 Å². The smallest absolute Gasteiger partial charge is 0.306 e. The van der Waals surface area contributed by atoms with Crippen molar-refractivity contribution in [2.45, 2.75) is 25.0 Å². The quantitative estimate of drug-likeness (QED) is 0.608. The molecule has 0 aromatic rings. The van der Waals surface area contributed by atoms with Crippen LogP contribution in [0.25, 0.3) is 0 Å². The summed E-state index contributed by atoms with van der Waals surface area (Å²) in [6.07, 6.45) is 0.412. The van der Waals surface area contributed by atoms with Crippen LogP contribution in [0, 0.1) is 0 Å². The lowest BCUT2D eigenvalue weighted by molar-refractivity contribution is -0.148. The molecule has 1 aliphatic heterocycles. The molecule has 9 heteroatoms. The van der Waals surface area contributed by atoms with Crippen LogP contribution in [0.4, 0.5) is 0 Å². The van der Waals surface area contributed by atoms with E-state index < -0.39 is 28.0 Å². The first-order chi connectivity index (χ1) is 9.19. The topological polar surface area (TPSA) is 127 Å². The summed E-state index contributed by atoms with van der Waals surface area (Å²) in [5.41, 5.74) is 5.69. The van der Waals surface area contributed by atoms with Gasteiger partial charge in [0.15, 0.2) is 0 Å². The molecule has 0 aliphatic carbocycles. The zero-order valence-electron chi connectivity index (χ0n) is 11.3. The van der Waals surface area contributed by atoms with Gasteiger partial charge in [-0.3, -0.25) is 9.59 Å². The van der Waals surface area contributed by atoms with E-state index in [2.05, 4.69) is 0 Å². The summed E-state index contributed by atoms with van der Waals surface area (Å²) in [7, 11) is -3.16. The summed E-state index contributed by atoms with van der Waals surface area (Å²) in [5.74, 6) is -1.51. The predicted molar refractivity (Wildman–Crippen MR) is 70.9 cm³/mol. The number of amides is 1. The van der Waals surface area contributed by atoms with E-state index in [4.69, 9.17) is 15.6 Å². The molecule has 1 saturated heterocycles. The molecule has 0 radical (unpaired) electrons. The zero-order chi connectivity index (χ0) is 15.3. The van der Waals surface area contributed by atoms with E-state index in [-0.39, 0.29) is 37.7 Å². The third kappa shape index (κ3) is 5.85. The van der Waals surface area contributed by atoms with E-state index in [0.717, 1.165) is 6.26 Å². The molecule has 2 unspecified atom stereocenters. The maximum atomic E-state index is 12.0.